The number of rotatable bonds is 3. The number of thiophene rings is 1. The summed E-state index contributed by atoms with van der Waals surface area (Å²) in [4.78, 5) is 16.5. The van der Waals surface area contributed by atoms with Gasteiger partial charge in [-0.1, -0.05) is 31.1 Å². The van der Waals surface area contributed by atoms with Gasteiger partial charge >= 0.3 is 0 Å². The summed E-state index contributed by atoms with van der Waals surface area (Å²) >= 11 is 1.71. The van der Waals surface area contributed by atoms with E-state index in [9.17, 15) is 9.18 Å². The first kappa shape index (κ1) is 22.9. The van der Waals surface area contributed by atoms with Crippen molar-refractivity contribution in [2.24, 2.45) is 7.05 Å². The van der Waals surface area contributed by atoms with Crippen molar-refractivity contribution in [3.8, 4) is 11.3 Å². The number of amides is 1. The standard InChI is InChI=1S/C23H21FN4O2S.C2H6/c1-13-17(11-25-27(13)3)18-12-28(14(2)15-8-9-31-22(15)18)23(29)21-10-20(26-30-21)16-6-4-5-7-19(16)24;1-2/h4-11,14,18H,12H2,1-3H3;1-2H3. The molecule has 1 aromatic carbocycles. The van der Waals surface area contributed by atoms with Crippen LogP contribution in [0.2, 0.25) is 0 Å². The lowest BCUT2D eigenvalue weighted by molar-refractivity contribution is 0.0624. The number of nitrogens with zero attached hydrogens (tertiary/aromatic N) is 4. The maximum atomic E-state index is 14.1. The number of halogens is 1. The normalized spacial score (nSPS) is 17.3. The summed E-state index contributed by atoms with van der Waals surface area (Å²) in [5.41, 5.74) is 3.93. The number of hydrogen-bond donors (Lipinski definition) is 0. The molecule has 172 valence electrons. The van der Waals surface area contributed by atoms with Gasteiger partial charge in [0.05, 0.1) is 12.2 Å². The molecule has 0 saturated carbocycles. The second-order valence-corrected chi connectivity index (χ2v) is 8.74. The van der Waals surface area contributed by atoms with Crippen molar-refractivity contribution in [3.63, 3.8) is 0 Å². The van der Waals surface area contributed by atoms with Gasteiger partial charge in [-0.3, -0.25) is 9.48 Å². The number of aryl methyl sites for hydroxylation is 1. The quantitative estimate of drug-likeness (QED) is 0.374. The van der Waals surface area contributed by atoms with Crippen LogP contribution in [0.5, 0.6) is 0 Å². The molecule has 0 spiro atoms. The fourth-order valence-corrected chi connectivity index (χ4v) is 5.34. The Kier molecular flexibility index (Phi) is 6.47. The van der Waals surface area contributed by atoms with Gasteiger partial charge in [0.15, 0.2) is 0 Å². The molecule has 0 saturated heterocycles. The van der Waals surface area contributed by atoms with E-state index in [1.54, 1.807) is 34.4 Å². The third-order valence-electron chi connectivity index (χ3n) is 6.12. The lowest BCUT2D eigenvalue weighted by Gasteiger charge is -2.37. The summed E-state index contributed by atoms with van der Waals surface area (Å²) < 4.78 is 21.3. The topological polar surface area (TPSA) is 64.2 Å². The Labute approximate surface area is 196 Å². The summed E-state index contributed by atoms with van der Waals surface area (Å²) in [5.74, 6) is -0.523. The molecule has 1 aliphatic rings. The predicted molar refractivity (Wildman–Crippen MR) is 127 cm³/mol. The number of carbonyl (C=O) groups is 1. The number of fused-ring (bicyclic) bond motifs is 1. The van der Waals surface area contributed by atoms with Gasteiger partial charge in [-0.05, 0) is 43.0 Å². The summed E-state index contributed by atoms with van der Waals surface area (Å²) in [6.45, 7) is 8.57. The van der Waals surface area contributed by atoms with Crippen molar-refractivity contribution in [1.29, 1.82) is 0 Å². The summed E-state index contributed by atoms with van der Waals surface area (Å²) in [7, 11) is 1.92. The Balaban J connectivity index is 0.00000126. The minimum Gasteiger partial charge on any atom is -0.350 e. The molecule has 0 N–H and O–H groups in total. The van der Waals surface area contributed by atoms with E-state index in [0.29, 0.717) is 17.8 Å². The van der Waals surface area contributed by atoms with Gasteiger partial charge in [0, 0.05) is 47.3 Å². The van der Waals surface area contributed by atoms with E-state index in [1.165, 1.54) is 17.0 Å². The van der Waals surface area contributed by atoms with Crippen molar-refractivity contribution >= 4 is 17.2 Å². The van der Waals surface area contributed by atoms with E-state index < -0.39 is 5.82 Å². The largest absolute Gasteiger partial charge is 0.350 e. The second kappa shape index (κ2) is 9.31. The fraction of sp³-hybridized carbons (Fsp3) is 0.320. The van der Waals surface area contributed by atoms with Crippen molar-refractivity contribution < 1.29 is 13.7 Å². The van der Waals surface area contributed by atoms with Crippen LogP contribution in [-0.4, -0.2) is 32.3 Å². The maximum Gasteiger partial charge on any atom is 0.293 e. The van der Waals surface area contributed by atoms with Crippen LogP contribution < -0.4 is 0 Å². The first-order valence-corrected chi connectivity index (χ1v) is 11.9. The van der Waals surface area contributed by atoms with Crippen molar-refractivity contribution in [3.05, 3.63) is 81.3 Å². The van der Waals surface area contributed by atoms with E-state index in [4.69, 9.17) is 4.52 Å². The van der Waals surface area contributed by atoms with Gasteiger partial charge in [0.2, 0.25) is 5.76 Å². The molecule has 3 aromatic heterocycles. The second-order valence-electron chi connectivity index (χ2n) is 7.79. The van der Waals surface area contributed by atoms with Crippen molar-refractivity contribution in [1.82, 2.24) is 19.8 Å². The Morgan fingerprint density at radius 2 is 1.97 bits per heavy atom. The SMILES string of the molecule is CC.Cc1c(C2CN(C(=O)c3cc(-c4ccccc4F)no3)C(C)c3ccsc32)cnn1C. The lowest BCUT2D eigenvalue weighted by Crippen LogP contribution is -2.40. The zero-order valence-electron chi connectivity index (χ0n) is 19.4. The minimum atomic E-state index is -0.406. The smallest absolute Gasteiger partial charge is 0.293 e. The van der Waals surface area contributed by atoms with E-state index in [1.807, 2.05) is 45.6 Å². The molecular weight excluding hydrogens is 439 g/mol. The molecular formula is C25H27FN4O2S. The predicted octanol–water partition coefficient (Wildman–Crippen LogP) is 5.96. The highest BCUT2D eigenvalue weighted by molar-refractivity contribution is 7.10. The van der Waals surface area contributed by atoms with Crippen molar-refractivity contribution in [2.45, 2.75) is 39.7 Å². The molecule has 8 heteroatoms. The van der Waals surface area contributed by atoms with Gasteiger partial charge in [0.25, 0.3) is 5.91 Å². The zero-order chi connectivity index (χ0) is 23.7. The average molecular weight is 467 g/mol. The van der Waals surface area contributed by atoms with Gasteiger partial charge in [-0.2, -0.15) is 5.10 Å². The molecule has 33 heavy (non-hydrogen) atoms. The highest BCUT2D eigenvalue weighted by atomic mass is 32.1. The molecule has 0 radical (unpaired) electrons. The van der Waals surface area contributed by atoms with E-state index in [0.717, 1.165) is 16.8 Å². The van der Waals surface area contributed by atoms with Gasteiger partial charge in [0.1, 0.15) is 11.5 Å². The number of benzene rings is 1. The monoisotopic (exact) mass is 466 g/mol. The summed E-state index contributed by atoms with van der Waals surface area (Å²) in [5, 5.41) is 10.4. The van der Waals surface area contributed by atoms with Gasteiger partial charge in [-0.25, -0.2) is 4.39 Å². The van der Waals surface area contributed by atoms with Crippen LogP contribution in [0.4, 0.5) is 4.39 Å². The molecule has 2 atom stereocenters. The molecule has 1 amide bonds. The third-order valence-corrected chi connectivity index (χ3v) is 7.17. The number of carbonyl (C=O) groups excluding carboxylic acids is 1. The molecule has 1 aliphatic heterocycles. The van der Waals surface area contributed by atoms with Crippen LogP contribution in [0.15, 0.2) is 52.5 Å². The molecule has 0 bridgehead atoms. The first-order chi connectivity index (χ1) is 16.0. The third kappa shape index (κ3) is 3.99. The highest BCUT2D eigenvalue weighted by Gasteiger charge is 2.38. The van der Waals surface area contributed by atoms with Crippen LogP contribution in [0.1, 0.15) is 65.0 Å². The van der Waals surface area contributed by atoms with Crippen LogP contribution in [0, 0.1) is 12.7 Å². The fourth-order valence-electron chi connectivity index (χ4n) is 4.23. The van der Waals surface area contributed by atoms with E-state index >= 15 is 0 Å². The Morgan fingerprint density at radius 3 is 2.67 bits per heavy atom. The number of hydrogen-bond acceptors (Lipinski definition) is 5. The number of aromatic nitrogens is 3. The molecule has 2 unspecified atom stereocenters. The molecule has 0 aliphatic carbocycles. The molecule has 6 nitrogen and oxygen atoms in total. The minimum absolute atomic E-state index is 0.0396. The van der Waals surface area contributed by atoms with Crippen LogP contribution in [0.3, 0.4) is 0 Å². The van der Waals surface area contributed by atoms with Crippen LogP contribution in [0.25, 0.3) is 11.3 Å². The average Bonchev–Trinajstić information content (AvgIpc) is 3.58. The molecule has 4 heterocycles. The van der Waals surface area contributed by atoms with Crippen molar-refractivity contribution in [2.75, 3.05) is 6.54 Å². The van der Waals surface area contributed by atoms with Gasteiger partial charge < -0.3 is 9.42 Å². The molecule has 0 fully saturated rings. The first-order valence-electron chi connectivity index (χ1n) is 11.0. The van der Waals surface area contributed by atoms with Gasteiger partial charge in [-0.15, -0.1) is 11.3 Å². The Hall–Kier alpha value is -3.26. The Bertz CT molecular complexity index is 1270. The van der Waals surface area contributed by atoms with Crippen LogP contribution >= 0.6 is 11.3 Å². The molecule has 4 aromatic rings. The summed E-state index contributed by atoms with van der Waals surface area (Å²) in [6.07, 6.45) is 1.88. The van der Waals surface area contributed by atoms with E-state index in [2.05, 4.69) is 21.7 Å². The maximum absolute atomic E-state index is 14.1. The molecule has 5 rings (SSSR count). The summed E-state index contributed by atoms with van der Waals surface area (Å²) in [6, 6.07) is 9.79. The highest BCUT2D eigenvalue weighted by Crippen LogP contribution is 2.43. The lowest BCUT2D eigenvalue weighted by atomic mass is 9.88. The van der Waals surface area contributed by atoms with E-state index in [-0.39, 0.29) is 23.6 Å². The Morgan fingerprint density at radius 1 is 1.21 bits per heavy atom. The zero-order valence-corrected chi connectivity index (χ0v) is 20.2. The van der Waals surface area contributed by atoms with Crippen LogP contribution in [-0.2, 0) is 7.05 Å².